The van der Waals surface area contributed by atoms with Crippen LogP contribution in [0.5, 0.6) is 0 Å². The van der Waals surface area contributed by atoms with Gasteiger partial charge in [-0.2, -0.15) is 0 Å². The standard InChI is InChI=1S/C17H20ClN3/c18-15-11-16(19-12-13-7-3-1-4-8-13)21-17(20-15)14-9-5-2-6-10-14/h1,3-4,7-8,11,14H,2,5-6,9-10,12H2,(H,19,20,21). The molecular weight excluding hydrogens is 282 g/mol. The fourth-order valence-electron chi connectivity index (χ4n) is 2.86. The summed E-state index contributed by atoms with van der Waals surface area (Å²) >= 11 is 6.16. The van der Waals surface area contributed by atoms with Crippen molar-refractivity contribution < 1.29 is 0 Å². The van der Waals surface area contributed by atoms with Crippen LogP contribution in [0, 0.1) is 0 Å². The highest BCUT2D eigenvalue weighted by Gasteiger charge is 2.19. The molecule has 0 amide bonds. The minimum Gasteiger partial charge on any atom is -0.366 e. The predicted octanol–water partition coefficient (Wildman–Crippen LogP) is 4.79. The lowest BCUT2D eigenvalue weighted by Crippen LogP contribution is -2.11. The summed E-state index contributed by atoms with van der Waals surface area (Å²) in [5.74, 6) is 2.19. The first-order chi connectivity index (χ1) is 10.3. The molecule has 1 heterocycles. The van der Waals surface area contributed by atoms with Crippen LogP contribution in [0.4, 0.5) is 5.82 Å². The molecule has 4 heteroatoms. The molecule has 0 unspecified atom stereocenters. The number of nitrogens with one attached hydrogen (secondary N) is 1. The Kier molecular flexibility index (Phi) is 4.71. The molecule has 3 rings (SSSR count). The molecule has 1 saturated carbocycles. The van der Waals surface area contributed by atoms with Crippen LogP contribution in [0.1, 0.15) is 49.4 Å². The van der Waals surface area contributed by atoms with Crippen molar-refractivity contribution in [2.24, 2.45) is 0 Å². The van der Waals surface area contributed by atoms with Crippen LogP contribution in [-0.2, 0) is 6.54 Å². The van der Waals surface area contributed by atoms with Crippen molar-refractivity contribution in [3.8, 4) is 0 Å². The third kappa shape index (κ3) is 3.94. The predicted molar refractivity (Wildman–Crippen MR) is 86.6 cm³/mol. The van der Waals surface area contributed by atoms with Gasteiger partial charge in [0.05, 0.1) is 0 Å². The van der Waals surface area contributed by atoms with Crippen molar-refractivity contribution in [2.45, 2.75) is 44.6 Å². The molecule has 1 fully saturated rings. The summed E-state index contributed by atoms with van der Waals surface area (Å²) in [6.45, 7) is 0.748. The van der Waals surface area contributed by atoms with Crippen LogP contribution in [0.25, 0.3) is 0 Å². The molecule has 110 valence electrons. The first kappa shape index (κ1) is 14.3. The number of rotatable bonds is 4. The highest BCUT2D eigenvalue weighted by molar-refractivity contribution is 6.29. The Hall–Kier alpha value is -1.61. The molecule has 0 bridgehead atoms. The molecule has 0 saturated heterocycles. The Balaban J connectivity index is 1.71. The van der Waals surface area contributed by atoms with E-state index in [9.17, 15) is 0 Å². The Bertz CT molecular complexity index is 580. The van der Waals surface area contributed by atoms with E-state index in [0.717, 1.165) is 18.2 Å². The number of aromatic nitrogens is 2. The number of halogens is 1. The third-order valence-electron chi connectivity index (χ3n) is 4.00. The summed E-state index contributed by atoms with van der Waals surface area (Å²) in [5.41, 5.74) is 1.23. The molecule has 0 spiro atoms. The minimum atomic E-state index is 0.467. The van der Waals surface area contributed by atoms with Crippen molar-refractivity contribution in [2.75, 3.05) is 5.32 Å². The number of anilines is 1. The smallest absolute Gasteiger partial charge is 0.135 e. The van der Waals surface area contributed by atoms with Crippen LogP contribution >= 0.6 is 11.6 Å². The maximum absolute atomic E-state index is 6.16. The molecule has 1 N–H and O–H groups in total. The second kappa shape index (κ2) is 6.90. The summed E-state index contributed by atoms with van der Waals surface area (Å²) in [6.07, 6.45) is 6.23. The van der Waals surface area contributed by atoms with E-state index >= 15 is 0 Å². The first-order valence-corrected chi connectivity index (χ1v) is 8.01. The lowest BCUT2D eigenvalue weighted by atomic mass is 9.89. The van der Waals surface area contributed by atoms with Crippen molar-refractivity contribution >= 4 is 17.4 Å². The van der Waals surface area contributed by atoms with Gasteiger partial charge in [-0.3, -0.25) is 0 Å². The third-order valence-corrected chi connectivity index (χ3v) is 4.19. The highest BCUT2D eigenvalue weighted by Crippen LogP contribution is 2.31. The van der Waals surface area contributed by atoms with Crippen molar-refractivity contribution in [1.82, 2.24) is 9.97 Å². The van der Waals surface area contributed by atoms with Crippen LogP contribution in [0.15, 0.2) is 36.4 Å². The Morgan fingerprint density at radius 2 is 1.81 bits per heavy atom. The zero-order valence-corrected chi connectivity index (χ0v) is 12.8. The van der Waals surface area contributed by atoms with Gasteiger partial charge < -0.3 is 5.32 Å². The molecule has 1 aliphatic carbocycles. The van der Waals surface area contributed by atoms with Gasteiger partial charge in [0, 0.05) is 18.5 Å². The fourth-order valence-corrected chi connectivity index (χ4v) is 3.05. The topological polar surface area (TPSA) is 37.8 Å². The molecule has 3 nitrogen and oxygen atoms in total. The maximum Gasteiger partial charge on any atom is 0.135 e. The molecule has 1 aromatic carbocycles. The van der Waals surface area contributed by atoms with E-state index in [1.165, 1.54) is 37.7 Å². The largest absolute Gasteiger partial charge is 0.366 e. The van der Waals surface area contributed by atoms with E-state index in [-0.39, 0.29) is 0 Å². The van der Waals surface area contributed by atoms with Gasteiger partial charge in [0.25, 0.3) is 0 Å². The van der Waals surface area contributed by atoms with Gasteiger partial charge >= 0.3 is 0 Å². The Morgan fingerprint density at radius 3 is 2.57 bits per heavy atom. The van der Waals surface area contributed by atoms with Crippen molar-refractivity contribution in [3.63, 3.8) is 0 Å². The minimum absolute atomic E-state index is 0.467. The van der Waals surface area contributed by atoms with E-state index in [1.807, 2.05) is 18.2 Å². The maximum atomic E-state index is 6.16. The molecule has 1 aromatic heterocycles. The van der Waals surface area contributed by atoms with E-state index in [4.69, 9.17) is 11.6 Å². The van der Waals surface area contributed by atoms with Crippen molar-refractivity contribution in [3.05, 3.63) is 52.9 Å². The normalized spacial score (nSPS) is 15.9. The van der Waals surface area contributed by atoms with Gasteiger partial charge in [0.15, 0.2) is 0 Å². The zero-order chi connectivity index (χ0) is 14.5. The van der Waals surface area contributed by atoms with Gasteiger partial charge in [-0.05, 0) is 18.4 Å². The number of hydrogen-bond acceptors (Lipinski definition) is 3. The number of nitrogens with zero attached hydrogens (tertiary/aromatic N) is 2. The SMILES string of the molecule is Clc1cc(NCc2ccccc2)nc(C2CCCCC2)n1. The number of benzene rings is 1. The van der Waals surface area contributed by atoms with E-state index in [1.54, 1.807) is 6.07 Å². The second-order valence-electron chi connectivity index (χ2n) is 5.61. The zero-order valence-electron chi connectivity index (χ0n) is 12.1. The average molecular weight is 302 g/mol. The molecule has 2 aromatic rings. The first-order valence-electron chi connectivity index (χ1n) is 7.63. The average Bonchev–Trinajstić information content (AvgIpc) is 2.54. The van der Waals surface area contributed by atoms with Crippen LogP contribution in [-0.4, -0.2) is 9.97 Å². The van der Waals surface area contributed by atoms with Crippen LogP contribution in [0.2, 0.25) is 5.15 Å². The quantitative estimate of drug-likeness (QED) is 0.825. The molecule has 0 atom stereocenters. The van der Waals surface area contributed by atoms with Gasteiger partial charge in [0.1, 0.15) is 16.8 Å². The van der Waals surface area contributed by atoms with Gasteiger partial charge in [0.2, 0.25) is 0 Å². The van der Waals surface area contributed by atoms with E-state index in [2.05, 4.69) is 27.4 Å². The summed E-state index contributed by atoms with van der Waals surface area (Å²) in [6, 6.07) is 12.1. The molecule has 0 radical (unpaired) electrons. The lowest BCUT2D eigenvalue weighted by molar-refractivity contribution is 0.429. The molecule has 0 aliphatic heterocycles. The molecule has 21 heavy (non-hydrogen) atoms. The summed E-state index contributed by atoms with van der Waals surface area (Å²) in [7, 11) is 0. The fraction of sp³-hybridized carbons (Fsp3) is 0.412. The summed E-state index contributed by atoms with van der Waals surface area (Å²) in [4.78, 5) is 9.09. The molecule has 1 aliphatic rings. The van der Waals surface area contributed by atoms with Gasteiger partial charge in [-0.25, -0.2) is 9.97 Å². The van der Waals surface area contributed by atoms with E-state index in [0.29, 0.717) is 11.1 Å². The highest BCUT2D eigenvalue weighted by atomic mass is 35.5. The number of hydrogen-bond donors (Lipinski definition) is 1. The van der Waals surface area contributed by atoms with Crippen LogP contribution in [0.3, 0.4) is 0 Å². The summed E-state index contributed by atoms with van der Waals surface area (Å²) < 4.78 is 0. The lowest BCUT2D eigenvalue weighted by Gasteiger charge is -2.20. The van der Waals surface area contributed by atoms with Crippen LogP contribution < -0.4 is 5.32 Å². The van der Waals surface area contributed by atoms with Crippen molar-refractivity contribution in [1.29, 1.82) is 0 Å². The Labute approximate surface area is 130 Å². The monoisotopic (exact) mass is 301 g/mol. The van der Waals surface area contributed by atoms with Gasteiger partial charge in [-0.1, -0.05) is 61.2 Å². The van der Waals surface area contributed by atoms with E-state index < -0.39 is 0 Å². The Morgan fingerprint density at radius 1 is 1.05 bits per heavy atom. The molecular formula is C17H20ClN3. The second-order valence-corrected chi connectivity index (χ2v) is 6.00. The summed E-state index contributed by atoms with van der Waals surface area (Å²) in [5, 5.41) is 3.87. The van der Waals surface area contributed by atoms with Gasteiger partial charge in [-0.15, -0.1) is 0 Å².